The van der Waals surface area contributed by atoms with Crippen molar-refractivity contribution in [1.29, 1.82) is 0 Å². The molecule has 0 saturated heterocycles. The van der Waals surface area contributed by atoms with Gasteiger partial charge in [-0.1, -0.05) is 0 Å². The van der Waals surface area contributed by atoms with Crippen molar-refractivity contribution in [1.82, 2.24) is 9.97 Å². The molecule has 1 rings (SSSR count). The molecule has 0 spiro atoms. The van der Waals surface area contributed by atoms with E-state index < -0.39 is 12.6 Å². The van der Waals surface area contributed by atoms with E-state index in [1.54, 1.807) is 7.05 Å². The first-order chi connectivity index (χ1) is 8.39. The summed E-state index contributed by atoms with van der Waals surface area (Å²) in [7, 11) is 4.58. The highest BCUT2D eigenvalue weighted by Gasteiger charge is 2.28. The van der Waals surface area contributed by atoms with Crippen LogP contribution >= 0.6 is 0 Å². The number of anilines is 2. The zero-order chi connectivity index (χ0) is 13.8. The molecular weight excluding hydrogens is 249 g/mol. The van der Waals surface area contributed by atoms with Crippen molar-refractivity contribution in [2.24, 2.45) is 0 Å². The molecule has 0 saturated carbocycles. The first-order valence-corrected chi connectivity index (χ1v) is 5.23. The number of nitrogens with zero attached hydrogens (tertiary/aromatic N) is 3. The molecule has 0 aliphatic carbocycles. The Morgan fingerprint density at radius 1 is 1.39 bits per heavy atom. The molecule has 0 radical (unpaired) electrons. The van der Waals surface area contributed by atoms with Crippen LogP contribution in [-0.4, -0.2) is 43.9 Å². The molecule has 5 nitrogen and oxygen atoms in total. The van der Waals surface area contributed by atoms with E-state index in [4.69, 9.17) is 4.74 Å². The average molecular weight is 264 g/mol. The van der Waals surface area contributed by atoms with Gasteiger partial charge >= 0.3 is 6.18 Å². The molecule has 0 unspecified atom stereocenters. The van der Waals surface area contributed by atoms with Crippen molar-refractivity contribution in [2.45, 2.75) is 12.6 Å². The lowest BCUT2D eigenvalue weighted by atomic mass is 10.3. The van der Waals surface area contributed by atoms with Crippen molar-refractivity contribution >= 4 is 11.6 Å². The number of hydrogen-bond acceptors (Lipinski definition) is 5. The van der Waals surface area contributed by atoms with Gasteiger partial charge in [-0.05, 0) is 0 Å². The lowest BCUT2D eigenvalue weighted by Gasteiger charge is -2.21. The lowest BCUT2D eigenvalue weighted by Crippen LogP contribution is -2.25. The van der Waals surface area contributed by atoms with Gasteiger partial charge in [-0.3, -0.25) is 0 Å². The molecule has 0 fully saturated rings. The summed E-state index contributed by atoms with van der Waals surface area (Å²) in [4.78, 5) is 9.25. The van der Waals surface area contributed by atoms with E-state index in [9.17, 15) is 13.2 Å². The largest absolute Gasteiger partial charge is 0.490 e. The maximum Gasteiger partial charge on any atom is 0.390 e. The van der Waals surface area contributed by atoms with Crippen LogP contribution in [0.4, 0.5) is 24.8 Å². The second kappa shape index (κ2) is 5.74. The predicted octanol–water partition coefficient (Wildman–Crippen LogP) is 1.92. The highest BCUT2D eigenvalue weighted by molar-refractivity contribution is 5.64. The van der Waals surface area contributed by atoms with Gasteiger partial charge in [0.25, 0.3) is 0 Å². The van der Waals surface area contributed by atoms with Crippen molar-refractivity contribution < 1.29 is 17.9 Å². The van der Waals surface area contributed by atoms with Crippen LogP contribution in [0.1, 0.15) is 6.42 Å². The minimum absolute atomic E-state index is 0.194. The standard InChI is InChI=1S/C10H15F3N4O/c1-14-8-7(18-3)9(16-6-15-8)17(2)5-4-10(11,12)13/h6H,4-5H2,1-3H3,(H,14,15,16). The summed E-state index contributed by atoms with van der Waals surface area (Å²) in [5.74, 6) is 1.08. The van der Waals surface area contributed by atoms with E-state index in [-0.39, 0.29) is 6.54 Å². The maximum absolute atomic E-state index is 12.2. The number of alkyl halides is 3. The monoisotopic (exact) mass is 264 g/mol. The van der Waals surface area contributed by atoms with Crippen LogP contribution in [0.25, 0.3) is 0 Å². The second-order valence-corrected chi connectivity index (χ2v) is 3.62. The second-order valence-electron chi connectivity index (χ2n) is 3.62. The SMILES string of the molecule is CNc1ncnc(N(C)CCC(F)(F)F)c1OC. The van der Waals surface area contributed by atoms with Crippen LogP contribution in [0.5, 0.6) is 5.75 Å². The van der Waals surface area contributed by atoms with Crippen LogP contribution in [0.15, 0.2) is 6.33 Å². The van der Waals surface area contributed by atoms with Crippen molar-refractivity contribution in [3.8, 4) is 5.75 Å². The molecular formula is C10H15F3N4O. The Morgan fingerprint density at radius 2 is 2.06 bits per heavy atom. The smallest absolute Gasteiger partial charge is 0.390 e. The van der Waals surface area contributed by atoms with Gasteiger partial charge in [0.15, 0.2) is 11.6 Å². The fourth-order valence-corrected chi connectivity index (χ4v) is 1.40. The summed E-state index contributed by atoms with van der Waals surface area (Å²) in [6, 6.07) is 0. The van der Waals surface area contributed by atoms with Crippen LogP contribution in [0.3, 0.4) is 0 Å². The van der Waals surface area contributed by atoms with E-state index in [1.165, 1.54) is 25.4 Å². The Balaban J connectivity index is 2.88. The van der Waals surface area contributed by atoms with E-state index in [0.717, 1.165) is 0 Å². The van der Waals surface area contributed by atoms with Gasteiger partial charge in [0, 0.05) is 20.6 Å². The Labute approximate surface area is 103 Å². The molecule has 8 heteroatoms. The molecule has 0 amide bonds. The normalized spacial score (nSPS) is 11.2. The van der Waals surface area contributed by atoms with Gasteiger partial charge in [-0.15, -0.1) is 0 Å². The number of aromatic nitrogens is 2. The Morgan fingerprint density at radius 3 is 2.56 bits per heavy atom. The third-order valence-electron chi connectivity index (χ3n) is 2.32. The Bertz CT molecular complexity index is 397. The zero-order valence-electron chi connectivity index (χ0n) is 10.4. The minimum atomic E-state index is -4.19. The summed E-state index contributed by atoms with van der Waals surface area (Å²) in [6.45, 7) is -0.194. The van der Waals surface area contributed by atoms with Gasteiger partial charge in [-0.25, -0.2) is 9.97 Å². The molecule has 0 aliphatic rings. The Kier molecular flexibility index (Phi) is 4.57. The molecule has 1 aromatic heterocycles. The van der Waals surface area contributed by atoms with Gasteiger partial charge in [0.1, 0.15) is 6.33 Å². The van der Waals surface area contributed by atoms with E-state index >= 15 is 0 Å². The first kappa shape index (κ1) is 14.3. The number of rotatable bonds is 5. The summed E-state index contributed by atoms with van der Waals surface area (Å²) in [5, 5.41) is 2.79. The summed E-state index contributed by atoms with van der Waals surface area (Å²) in [5.41, 5.74) is 0. The average Bonchev–Trinajstić information content (AvgIpc) is 2.33. The van der Waals surface area contributed by atoms with E-state index in [1.807, 2.05) is 0 Å². The van der Waals surface area contributed by atoms with Crippen molar-refractivity contribution in [3.63, 3.8) is 0 Å². The number of ether oxygens (including phenoxy) is 1. The van der Waals surface area contributed by atoms with Crippen LogP contribution in [0.2, 0.25) is 0 Å². The fraction of sp³-hybridized carbons (Fsp3) is 0.600. The fourth-order valence-electron chi connectivity index (χ4n) is 1.40. The maximum atomic E-state index is 12.2. The van der Waals surface area contributed by atoms with Crippen LogP contribution < -0.4 is 15.0 Å². The highest BCUT2D eigenvalue weighted by atomic mass is 19.4. The summed E-state index contributed by atoms with van der Waals surface area (Å²) in [6.07, 6.45) is -3.83. The lowest BCUT2D eigenvalue weighted by molar-refractivity contribution is -0.132. The molecule has 1 aromatic rings. The number of hydrogen-bond donors (Lipinski definition) is 1. The molecule has 0 bridgehead atoms. The predicted molar refractivity (Wildman–Crippen MR) is 62.1 cm³/mol. The van der Waals surface area contributed by atoms with Gasteiger partial charge in [0.2, 0.25) is 5.75 Å². The van der Waals surface area contributed by atoms with Crippen LogP contribution in [-0.2, 0) is 0 Å². The quantitative estimate of drug-likeness (QED) is 0.880. The molecule has 102 valence electrons. The zero-order valence-corrected chi connectivity index (χ0v) is 10.4. The minimum Gasteiger partial charge on any atom is -0.490 e. The molecule has 18 heavy (non-hydrogen) atoms. The van der Waals surface area contributed by atoms with Gasteiger partial charge in [-0.2, -0.15) is 13.2 Å². The highest BCUT2D eigenvalue weighted by Crippen LogP contribution is 2.31. The number of halogens is 3. The summed E-state index contributed by atoms with van der Waals surface area (Å²) < 4.78 is 41.6. The number of nitrogens with one attached hydrogen (secondary N) is 1. The van der Waals surface area contributed by atoms with Crippen LogP contribution in [0, 0.1) is 0 Å². The molecule has 0 aromatic carbocycles. The molecule has 0 aliphatic heterocycles. The van der Waals surface area contributed by atoms with E-state index in [2.05, 4.69) is 15.3 Å². The van der Waals surface area contributed by atoms with Gasteiger partial charge in [0.05, 0.1) is 13.5 Å². The number of methoxy groups -OCH3 is 1. The molecule has 1 heterocycles. The van der Waals surface area contributed by atoms with Crippen molar-refractivity contribution in [2.75, 3.05) is 38.0 Å². The molecule has 0 atom stereocenters. The van der Waals surface area contributed by atoms with E-state index in [0.29, 0.717) is 17.4 Å². The molecule has 1 N–H and O–H groups in total. The summed E-state index contributed by atoms with van der Waals surface area (Å²) >= 11 is 0. The third-order valence-corrected chi connectivity index (χ3v) is 2.32. The topological polar surface area (TPSA) is 50.3 Å². The first-order valence-electron chi connectivity index (χ1n) is 5.23. The van der Waals surface area contributed by atoms with Crippen molar-refractivity contribution in [3.05, 3.63) is 6.33 Å². The third kappa shape index (κ3) is 3.64. The van der Waals surface area contributed by atoms with Gasteiger partial charge < -0.3 is 15.0 Å². The Hall–Kier alpha value is -1.73.